The standard InChI is InChI=1S/C17H13Cl2N7/c18-11-7-9(23-17-25-14(19)8-15(20)26-17)1-2-13(11)24-12-4-6-22-16-10(12)3-5-21-16/h1-8H,(H2,21,22,24)(H3,20,23,25,26). The van der Waals surface area contributed by atoms with E-state index in [2.05, 4.69) is 30.6 Å². The summed E-state index contributed by atoms with van der Waals surface area (Å²) in [5, 5.41) is 8.12. The molecule has 7 nitrogen and oxygen atoms in total. The number of pyridine rings is 1. The average molecular weight is 386 g/mol. The van der Waals surface area contributed by atoms with Crippen molar-refractivity contribution in [1.82, 2.24) is 19.9 Å². The van der Waals surface area contributed by atoms with E-state index in [4.69, 9.17) is 28.9 Å². The Morgan fingerprint density at radius 3 is 2.65 bits per heavy atom. The topological polar surface area (TPSA) is 105 Å². The Balaban J connectivity index is 1.59. The number of hydrogen-bond acceptors (Lipinski definition) is 6. The Kier molecular flexibility index (Phi) is 4.24. The smallest absolute Gasteiger partial charge is 0.230 e. The van der Waals surface area contributed by atoms with Crippen LogP contribution in [-0.4, -0.2) is 19.9 Å². The van der Waals surface area contributed by atoms with E-state index in [1.54, 1.807) is 12.3 Å². The number of aromatic nitrogens is 4. The Morgan fingerprint density at radius 1 is 0.962 bits per heavy atom. The highest BCUT2D eigenvalue weighted by Gasteiger charge is 2.08. The SMILES string of the molecule is Nc1cc(Cl)nc(Nc2ccc(Nc3ccnc4[nH]ccc34)c(Cl)c2)n1. The maximum atomic E-state index is 6.42. The van der Waals surface area contributed by atoms with Crippen LogP contribution in [0.1, 0.15) is 0 Å². The summed E-state index contributed by atoms with van der Waals surface area (Å²) >= 11 is 12.3. The number of nitrogens with zero attached hydrogens (tertiary/aromatic N) is 3. The quantitative estimate of drug-likeness (QED) is 0.378. The first-order valence-electron chi connectivity index (χ1n) is 7.64. The van der Waals surface area contributed by atoms with E-state index < -0.39 is 0 Å². The molecule has 0 saturated carbocycles. The number of rotatable bonds is 4. The molecule has 3 aromatic heterocycles. The number of nitrogen functional groups attached to an aromatic ring is 1. The van der Waals surface area contributed by atoms with Crippen LogP contribution < -0.4 is 16.4 Å². The fourth-order valence-corrected chi connectivity index (χ4v) is 2.95. The van der Waals surface area contributed by atoms with Crippen molar-refractivity contribution < 1.29 is 0 Å². The van der Waals surface area contributed by atoms with Crippen LogP contribution >= 0.6 is 23.2 Å². The van der Waals surface area contributed by atoms with E-state index in [0.717, 1.165) is 22.4 Å². The molecule has 0 amide bonds. The number of benzene rings is 1. The number of anilines is 5. The van der Waals surface area contributed by atoms with Gasteiger partial charge in [-0.25, -0.2) is 9.97 Å². The summed E-state index contributed by atoms with van der Waals surface area (Å²) < 4.78 is 0. The molecule has 0 atom stereocenters. The first-order valence-corrected chi connectivity index (χ1v) is 8.40. The van der Waals surface area contributed by atoms with Gasteiger partial charge >= 0.3 is 0 Å². The van der Waals surface area contributed by atoms with Gasteiger partial charge in [0.2, 0.25) is 5.95 Å². The predicted octanol–water partition coefficient (Wildman–Crippen LogP) is 4.73. The summed E-state index contributed by atoms with van der Waals surface area (Å²) in [7, 11) is 0. The van der Waals surface area contributed by atoms with E-state index in [1.165, 1.54) is 6.07 Å². The van der Waals surface area contributed by atoms with Crippen molar-refractivity contribution in [3.8, 4) is 0 Å². The van der Waals surface area contributed by atoms with Crippen molar-refractivity contribution in [2.75, 3.05) is 16.4 Å². The summed E-state index contributed by atoms with van der Waals surface area (Å²) in [6.07, 6.45) is 3.57. The third kappa shape index (κ3) is 3.35. The van der Waals surface area contributed by atoms with Crippen molar-refractivity contribution in [1.29, 1.82) is 0 Å². The summed E-state index contributed by atoms with van der Waals surface area (Å²) in [5.41, 5.74) is 8.86. The van der Waals surface area contributed by atoms with E-state index >= 15 is 0 Å². The molecule has 0 aliphatic heterocycles. The molecule has 0 saturated heterocycles. The summed E-state index contributed by atoms with van der Waals surface area (Å²) in [4.78, 5) is 15.5. The lowest BCUT2D eigenvalue weighted by Crippen LogP contribution is -2.01. The van der Waals surface area contributed by atoms with Gasteiger partial charge in [0.1, 0.15) is 16.6 Å². The Morgan fingerprint density at radius 2 is 1.85 bits per heavy atom. The highest BCUT2D eigenvalue weighted by molar-refractivity contribution is 6.33. The van der Waals surface area contributed by atoms with Gasteiger partial charge in [0.25, 0.3) is 0 Å². The molecule has 0 fully saturated rings. The second kappa shape index (κ2) is 6.70. The molecular weight excluding hydrogens is 373 g/mol. The predicted molar refractivity (Wildman–Crippen MR) is 106 cm³/mol. The van der Waals surface area contributed by atoms with Crippen molar-refractivity contribution in [3.05, 3.63) is 59.0 Å². The molecule has 0 radical (unpaired) electrons. The zero-order valence-corrected chi connectivity index (χ0v) is 14.8. The van der Waals surface area contributed by atoms with Gasteiger partial charge in [-0.05, 0) is 30.3 Å². The Labute approximate surface area is 158 Å². The highest BCUT2D eigenvalue weighted by Crippen LogP contribution is 2.31. The van der Waals surface area contributed by atoms with Gasteiger partial charge < -0.3 is 21.4 Å². The molecule has 9 heteroatoms. The fourth-order valence-electron chi connectivity index (χ4n) is 2.53. The zero-order valence-electron chi connectivity index (χ0n) is 13.3. The van der Waals surface area contributed by atoms with Gasteiger partial charge in [0.15, 0.2) is 0 Å². The van der Waals surface area contributed by atoms with Gasteiger partial charge in [-0.1, -0.05) is 23.2 Å². The number of H-pyrrole nitrogens is 1. The fraction of sp³-hybridized carbons (Fsp3) is 0. The first-order chi connectivity index (χ1) is 12.6. The summed E-state index contributed by atoms with van der Waals surface area (Å²) in [6, 6.07) is 10.8. The van der Waals surface area contributed by atoms with Crippen molar-refractivity contribution >= 4 is 63.1 Å². The third-order valence-electron chi connectivity index (χ3n) is 3.67. The van der Waals surface area contributed by atoms with Crippen LogP contribution in [0.3, 0.4) is 0 Å². The molecule has 3 heterocycles. The molecule has 0 aliphatic carbocycles. The van der Waals surface area contributed by atoms with Crippen LogP contribution in [0, 0.1) is 0 Å². The van der Waals surface area contributed by atoms with Gasteiger partial charge in [-0.15, -0.1) is 0 Å². The minimum Gasteiger partial charge on any atom is -0.383 e. The number of nitrogens with one attached hydrogen (secondary N) is 3. The number of hydrogen-bond donors (Lipinski definition) is 4. The van der Waals surface area contributed by atoms with Gasteiger partial charge in [-0.3, -0.25) is 0 Å². The summed E-state index contributed by atoms with van der Waals surface area (Å²) in [6.45, 7) is 0. The average Bonchev–Trinajstić information content (AvgIpc) is 3.06. The van der Waals surface area contributed by atoms with Crippen LogP contribution in [0.4, 0.5) is 28.8 Å². The van der Waals surface area contributed by atoms with Gasteiger partial charge in [0, 0.05) is 29.5 Å². The largest absolute Gasteiger partial charge is 0.383 e. The molecule has 0 unspecified atom stereocenters. The molecule has 1 aromatic carbocycles. The Hall–Kier alpha value is -3.03. The molecule has 0 spiro atoms. The van der Waals surface area contributed by atoms with Crippen LogP contribution in [0.15, 0.2) is 48.8 Å². The first kappa shape index (κ1) is 16.4. The van der Waals surface area contributed by atoms with Crippen LogP contribution in [-0.2, 0) is 0 Å². The lowest BCUT2D eigenvalue weighted by atomic mass is 10.2. The number of aromatic amines is 1. The monoisotopic (exact) mass is 385 g/mol. The molecular formula is C17H13Cl2N7. The molecule has 5 N–H and O–H groups in total. The van der Waals surface area contributed by atoms with Crippen molar-refractivity contribution in [2.45, 2.75) is 0 Å². The lowest BCUT2D eigenvalue weighted by Gasteiger charge is -2.12. The van der Waals surface area contributed by atoms with E-state index in [1.807, 2.05) is 30.5 Å². The normalized spacial score (nSPS) is 10.8. The second-order valence-electron chi connectivity index (χ2n) is 5.48. The number of nitrogens with two attached hydrogens (primary N) is 1. The minimum absolute atomic E-state index is 0.262. The zero-order chi connectivity index (χ0) is 18.1. The molecule has 0 bridgehead atoms. The summed E-state index contributed by atoms with van der Waals surface area (Å²) in [5.74, 6) is 0.583. The van der Waals surface area contributed by atoms with E-state index in [9.17, 15) is 0 Å². The third-order valence-corrected chi connectivity index (χ3v) is 4.18. The van der Waals surface area contributed by atoms with Gasteiger partial charge in [-0.2, -0.15) is 4.98 Å². The molecule has 130 valence electrons. The maximum Gasteiger partial charge on any atom is 0.230 e. The Bertz CT molecular complexity index is 1070. The van der Waals surface area contributed by atoms with Crippen LogP contribution in [0.5, 0.6) is 0 Å². The number of halogens is 2. The van der Waals surface area contributed by atoms with E-state index in [-0.39, 0.29) is 11.0 Å². The van der Waals surface area contributed by atoms with E-state index in [0.29, 0.717) is 16.7 Å². The van der Waals surface area contributed by atoms with Gasteiger partial charge in [0.05, 0.1) is 16.4 Å². The van der Waals surface area contributed by atoms with Crippen molar-refractivity contribution in [3.63, 3.8) is 0 Å². The van der Waals surface area contributed by atoms with Crippen LogP contribution in [0.2, 0.25) is 10.2 Å². The molecule has 4 rings (SSSR count). The molecule has 4 aromatic rings. The maximum absolute atomic E-state index is 6.42. The highest BCUT2D eigenvalue weighted by atomic mass is 35.5. The minimum atomic E-state index is 0.262. The molecule has 26 heavy (non-hydrogen) atoms. The van der Waals surface area contributed by atoms with Crippen LogP contribution in [0.25, 0.3) is 11.0 Å². The van der Waals surface area contributed by atoms with Crippen molar-refractivity contribution in [2.24, 2.45) is 0 Å². The molecule has 0 aliphatic rings. The lowest BCUT2D eigenvalue weighted by molar-refractivity contribution is 1.17. The number of fused-ring (bicyclic) bond motifs is 1. The second-order valence-corrected chi connectivity index (χ2v) is 6.28.